The lowest BCUT2D eigenvalue weighted by Gasteiger charge is -2.28. The monoisotopic (exact) mass is 128 g/mol. The number of hydrogen-bond acceptors (Lipinski definition) is 1. The summed E-state index contributed by atoms with van der Waals surface area (Å²) in [5.74, 6) is 0. The Morgan fingerprint density at radius 3 is 2.44 bits per heavy atom. The minimum atomic E-state index is 0.793. The molecule has 9 heavy (non-hydrogen) atoms. The van der Waals surface area contributed by atoms with Crippen LogP contribution in [0.2, 0.25) is 0 Å². The lowest BCUT2D eigenvalue weighted by molar-refractivity contribution is -0.637. The summed E-state index contributed by atoms with van der Waals surface area (Å²) in [6, 6.07) is 0.793. The van der Waals surface area contributed by atoms with Crippen LogP contribution in [0.5, 0.6) is 0 Å². The highest BCUT2D eigenvalue weighted by molar-refractivity contribution is 4.66. The van der Waals surface area contributed by atoms with E-state index < -0.39 is 0 Å². The highest BCUT2D eigenvalue weighted by Crippen LogP contribution is 2.03. The topological polar surface area (TPSA) is 19.9 Å². The molecule has 2 heteroatoms. The molecule has 0 unspecified atom stereocenters. The molecule has 0 aromatic heterocycles. The van der Waals surface area contributed by atoms with Gasteiger partial charge in [-0.1, -0.05) is 0 Å². The van der Waals surface area contributed by atoms with Crippen molar-refractivity contribution in [3.05, 3.63) is 7.05 Å². The van der Waals surface area contributed by atoms with Crippen molar-refractivity contribution < 1.29 is 5.32 Å². The summed E-state index contributed by atoms with van der Waals surface area (Å²) in [6.45, 7) is 2.49. The Hall–Kier alpha value is -0.0800. The van der Waals surface area contributed by atoms with E-state index in [2.05, 4.69) is 24.3 Å². The first-order chi connectivity index (χ1) is 4.33. The lowest BCUT2D eigenvalue weighted by Crippen LogP contribution is -2.84. The zero-order valence-corrected chi connectivity index (χ0v) is 6.14. The molecule has 1 aliphatic rings. The van der Waals surface area contributed by atoms with Crippen LogP contribution in [0.3, 0.4) is 0 Å². The molecule has 0 spiro atoms. The molecule has 0 bridgehead atoms. The molecule has 0 aliphatic carbocycles. The molecule has 54 valence electrons. The summed E-state index contributed by atoms with van der Waals surface area (Å²) in [5, 5.41) is 2.09. The molecule has 0 radical (unpaired) electrons. The van der Waals surface area contributed by atoms with E-state index in [9.17, 15) is 0 Å². The highest BCUT2D eigenvalue weighted by atomic mass is 15.1. The summed E-state index contributed by atoms with van der Waals surface area (Å²) in [4.78, 5) is 2.38. The smallest absolute Gasteiger partial charge is 0.0644 e. The van der Waals surface area contributed by atoms with Crippen molar-refractivity contribution in [3.8, 4) is 0 Å². The SMILES string of the molecule is [CH2-][NH2+]C1CCN(C)CC1. The molecule has 0 aromatic carbocycles. The van der Waals surface area contributed by atoms with E-state index in [0.29, 0.717) is 0 Å². The Bertz CT molecular complexity index is 75.0. The van der Waals surface area contributed by atoms with Crippen LogP contribution in [-0.4, -0.2) is 31.1 Å². The maximum Gasteiger partial charge on any atom is 0.0644 e. The summed E-state index contributed by atoms with van der Waals surface area (Å²) in [5.41, 5.74) is 0. The van der Waals surface area contributed by atoms with Gasteiger partial charge in [0.15, 0.2) is 0 Å². The molecule has 1 saturated heterocycles. The van der Waals surface area contributed by atoms with E-state index in [-0.39, 0.29) is 0 Å². The summed E-state index contributed by atoms with van der Waals surface area (Å²) < 4.78 is 0. The van der Waals surface area contributed by atoms with Gasteiger partial charge in [0, 0.05) is 25.9 Å². The van der Waals surface area contributed by atoms with Gasteiger partial charge in [-0.05, 0) is 7.05 Å². The maximum atomic E-state index is 3.79. The van der Waals surface area contributed by atoms with Crippen LogP contribution in [0.1, 0.15) is 12.8 Å². The lowest BCUT2D eigenvalue weighted by atomic mass is 10.1. The number of hydrogen-bond donors (Lipinski definition) is 1. The normalized spacial score (nSPS) is 24.7. The van der Waals surface area contributed by atoms with Gasteiger partial charge in [-0.15, -0.1) is 0 Å². The van der Waals surface area contributed by atoms with Crippen molar-refractivity contribution >= 4 is 0 Å². The maximum absolute atomic E-state index is 3.79. The molecule has 0 atom stereocenters. The van der Waals surface area contributed by atoms with Crippen LogP contribution >= 0.6 is 0 Å². The molecule has 2 N–H and O–H groups in total. The Morgan fingerprint density at radius 2 is 2.00 bits per heavy atom. The van der Waals surface area contributed by atoms with E-state index in [4.69, 9.17) is 0 Å². The minimum Gasteiger partial charge on any atom is -0.476 e. The fourth-order valence-corrected chi connectivity index (χ4v) is 1.26. The van der Waals surface area contributed by atoms with Gasteiger partial charge in [0.1, 0.15) is 0 Å². The van der Waals surface area contributed by atoms with Gasteiger partial charge < -0.3 is 10.2 Å². The molecule has 2 nitrogen and oxygen atoms in total. The average Bonchev–Trinajstić information content (AvgIpc) is 1.90. The second-order valence-electron chi connectivity index (χ2n) is 2.88. The molecule has 1 fully saturated rings. The van der Waals surface area contributed by atoms with Gasteiger partial charge in [-0.25, -0.2) is 0 Å². The predicted octanol–water partition coefficient (Wildman–Crippen LogP) is -0.564. The van der Waals surface area contributed by atoms with E-state index in [1.54, 1.807) is 0 Å². The van der Waals surface area contributed by atoms with Crippen LogP contribution in [0.4, 0.5) is 0 Å². The van der Waals surface area contributed by atoms with Crippen LogP contribution in [0.25, 0.3) is 0 Å². The van der Waals surface area contributed by atoms with Crippen LogP contribution in [-0.2, 0) is 0 Å². The zero-order chi connectivity index (χ0) is 6.69. The van der Waals surface area contributed by atoms with E-state index in [1.165, 1.54) is 25.9 Å². The molecule has 0 saturated carbocycles. The fraction of sp³-hybridized carbons (Fsp3) is 0.857. The van der Waals surface area contributed by atoms with Gasteiger partial charge in [-0.2, -0.15) is 7.05 Å². The average molecular weight is 128 g/mol. The van der Waals surface area contributed by atoms with Crippen LogP contribution in [0.15, 0.2) is 0 Å². The largest absolute Gasteiger partial charge is 0.476 e. The van der Waals surface area contributed by atoms with Gasteiger partial charge in [0.05, 0.1) is 6.04 Å². The standard InChI is InChI=1S/C7H16N2/c1-8-7-3-5-9(2)6-4-7/h7H,1,3-6,8H2,2H3. The molecule has 0 amide bonds. The Labute approximate surface area is 57.2 Å². The third-order valence-corrected chi connectivity index (χ3v) is 2.10. The van der Waals surface area contributed by atoms with Gasteiger partial charge in [-0.3, -0.25) is 0 Å². The van der Waals surface area contributed by atoms with E-state index in [0.717, 1.165) is 6.04 Å². The zero-order valence-electron chi connectivity index (χ0n) is 6.14. The fourth-order valence-electron chi connectivity index (χ4n) is 1.26. The van der Waals surface area contributed by atoms with Crippen molar-refractivity contribution in [1.82, 2.24) is 4.90 Å². The van der Waals surface area contributed by atoms with Gasteiger partial charge in [0.25, 0.3) is 0 Å². The first-order valence-corrected chi connectivity index (χ1v) is 3.64. The molecule has 1 rings (SSSR count). The minimum absolute atomic E-state index is 0.793. The summed E-state index contributed by atoms with van der Waals surface area (Å²) in [6.07, 6.45) is 2.61. The van der Waals surface area contributed by atoms with E-state index in [1.807, 2.05) is 0 Å². The van der Waals surface area contributed by atoms with Crippen molar-refractivity contribution in [1.29, 1.82) is 0 Å². The molecular weight excluding hydrogens is 112 g/mol. The second-order valence-corrected chi connectivity index (χ2v) is 2.88. The first-order valence-electron chi connectivity index (χ1n) is 3.64. The third kappa shape index (κ3) is 1.95. The number of nitrogens with two attached hydrogens (primary N) is 1. The molecule has 1 heterocycles. The molecular formula is C7H16N2. The van der Waals surface area contributed by atoms with E-state index >= 15 is 0 Å². The summed E-state index contributed by atoms with van der Waals surface area (Å²) >= 11 is 0. The number of quaternary nitrogens is 1. The Kier molecular flexibility index (Phi) is 2.49. The van der Waals surface area contributed by atoms with Crippen LogP contribution < -0.4 is 5.32 Å². The predicted molar refractivity (Wildman–Crippen MR) is 37.8 cm³/mol. The van der Waals surface area contributed by atoms with Crippen molar-refractivity contribution in [2.45, 2.75) is 18.9 Å². The van der Waals surface area contributed by atoms with Crippen molar-refractivity contribution in [2.75, 3.05) is 20.1 Å². The highest BCUT2D eigenvalue weighted by Gasteiger charge is 2.14. The Morgan fingerprint density at radius 1 is 1.44 bits per heavy atom. The molecule has 0 aromatic rings. The summed E-state index contributed by atoms with van der Waals surface area (Å²) in [7, 11) is 5.97. The number of likely N-dealkylation sites (tertiary alicyclic amines) is 1. The second kappa shape index (κ2) is 3.18. The number of piperidine rings is 1. The van der Waals surface area contributed by atoms with Crippen molar-refractivity contribution in [3.63, 3.8) is 0 Å². The van der Waals surface area contributed by atoms with Gasteiger partial charge >= 0.3 is 0 Å². The van der Waals surface area contributed by atoms with Gasteiger partial charge in [0.2, 0.25) is 0 Å². The first kappa shape index (κ1) is 7.03. The molecule has 1 aliphatic heterocycles. The Balaban J connectivity index is 2.18. The van der Waals surface area contributed by atoms with Crippen LogP contribution in [0, 0.1) is 7.05 Å². The van der Waals surface area contributed by atoms with Crippen molar-refractivity contribution in [2.24, 2.45) is 0 Å². The number of rotatable bonds is 1. The quantitative estimate of drug-likeness (QED) is 0.469. The number of nitrogens with zero attached hydrogens (tertiary/aromatic N) is 1. The third-order valence-electron chi connectivity index (χ3n) is 2.10.